The fraction of sp³-hybridized carbons (Fsp3) is 0.467. The maximum atomic E-state index is 12.5. The number of amides is 2. The fourth-order valence-electron chi connectivity index (χ4n) is 2.75. The average molecular weight is 305 g/mol. The molecule has 0 aromatic carbocycles. The molecule has 0 aliphatic carbocycles. The molecule has 1 aliphatic heterocycles. The van der Waals surface area contributed by atoms with Gasteiger partial charge in [-0.3, -0.25) is 5.32 Å². The van der Waals surface area contributed by atoms with E-state index in [4.69, 9.17) is 4.42 Å². The second kappa shape index (κ2) is 5.52. The second-order valence-electron chi connectivity index (χ2n) is 5.38. The van der Waals surface area contributed by atoms with Crippen molar-refractivity contribution >= 4 is 22.4 Å². The maximum absolute atomic E-state index is 12.5. The maximum Gasteiger partial charge on any atom is 0.323 e. The Balaban J connectivity index is 1.75. The van der Waals surface area contributed by atoms with E-state index in [1.54, 1.807) is 0 Å². The van der Waals surface area contributed by atoms with E-state index in [1.807, 2.05) is 37.8 Å². The van der Waals surface area contributed by atoms with Crippen molar-refractivity contribution in [2.75, 3.05) is 11.9 Å². The van der Waals surface area contributed by atoms with Gasteiger partial charge in [0.2, 0.25) is 0 Å². The summed E-state index contributed by atoms with van der Waals surface area (Å²) in [5.74, 6) is 1.75. The molecule has 0 bridgehead atoms. The summed E-state index contributed by atoms with van der Waals surface area (Å²) in [5, 5.41) is 4.77. The van der Waals surface area contributed by atoms with Crippen LogP contribution in [0, 0.1) is 20.8 Å². The Kier molecular flexibility index (Phi) is 3.71. The number of nitrogens with one attached hydrogen (secondary N) is 1. The first kappa shape index (κ1) is 14.1. The Labute approximate surface area is 128 Å². The molecule has 1 aliphatic rings. The number of anilines is 1. The third kappa shape index (κ3) is 2.81. The van der Waals surface area contributed by atoms with Crippen LogP contribution in [0.15, 0.2) is 16.5 Å². The number of likely N-dealkylation sites (tertiary alicyclic amines) is 1. The van der Waals surface area contributed by atoms with Gasteiger partial charge in [0.05, 0.1) is 16.7 Å². The topological polar surface area (TPSA) is 58.4 Å². The van der Waals surface area contributed by atoms with Crippen LogP contribution in [-0.4, -0.2) is 22.5 Å². The molecule has 1 atom stereocenters. The highest BCUT2D eigenvalue weighted by molar-refractivity contribution is 7.16. The van der Waals surface area contributed by atoms with Gasteiger partial charge in [0.25, 0.3) is 0 Å². The Morgan fingerprint density at radius 2 is 2.24 bits per heavy atom. The van der Waals surface area contributed by atoms with Crippen molar-refractivity contribution in [1.29, 1.82) is 0 Å². The van der Waals surface area contributed by atoms with Gasteiger partial charge in [0, 0.05) is 6.54 Å². The van der Waals surface area contributed by atoms with Crippen LogP contribution in [0.5, 0.6) is 0 Å². The van der Waals surface area contributed by atoms with Gasteiger partial charge in [-0.15, -0.1) is 11.3 Å². The van der Waals surface area contributed by atoms with E-state index in [-0.39, 0.29) is 12.1 Å². The molecule has 3 rings (SSSR count). The minimum absolute atomic E-state index is 0.0352. The molecule has 6 heteroatoms. The van der Waals surface area contributed by atoms with Gasteiger partial charge in [0.1, 0.15) is 16.5 Å². The number of furan rings is 1. The third-order valence-corrected chi connectivity index (χ3v) is 4.72. The average Bonchev–Trinajstić information content (AvgIpc) is 3.10. The van der Waals surface area contributed by atoms with Crippen LogP contribution in [0.25, 0.3) is 0 Å². The van der Waals surface area contributed by atoms with Crippen molar-refractivity contribution in [2.45, 2.75) is 39.7 Å². The highest BCUT2D eigenvalue weighted by Gasteiger charge is 2.32. The summed E-state index contributed by atoms with van der Waals surface area (Å²) in [7, 11) is 0. The zero-order valence-electron chi connectivity index (χ0n) is 12.5. The standard InChI is InChI=1S/C15H19N3O2S/c1-9-6-7-13(20-9)12-5-4-8-18(12)15(19)17-14-10(2)16-11(3)21-14/h6-7,12H,4-5,8H2,1-3H3,(H,17,19). The van der Waals surface area contributed by atoms with Crippen molar-refractivity contribution in [3.8, 4) is 0 Å². The van der Waals surface area contributed by atoms with Crippen molar-refractivity contribution in [3.63, 3.8) is 0 Å². The summed E-state index contributed by atoms with van der Waals surface area (Å²) >= 11 is 1.51. The molecule has 1 fully saturated rings. The van der Waals surface area contributed by atoms with Crippen LogP contribution in [0.3, 0.4) is 0 Å². The van der Waals surface area contributed by atoms with Crippen LogP contribution < -0.4 is 5.32 Å². The van der Waals surface area contributed by atoms with Gasteiger partial charge >= 0.3 is 6.03 Å². The molecule has 0 saturated carbocycles. The number of carbonyl (C=O) groups is 1. The lowest BCUT2D eigenvalue weighted by Crippen LogP contribution is -2.34. The first-order valence-electron chi connectivity index (χ1n) is 7.12. The Hall–Kier alpha value is -1.82. The van der Waals surface area contributed by atoms with Crippen molar-refractivity contribution < 1.29 is 9.21 Å². The number of thiazole rings is 1. The van der Waals surface area contributed by atoms with Crippen molar-refractivity contribution in [2.24, 2.45) is 0 Å². The molecule has 3 heterocycles. The Morgan fingerprint density at radius 1 is 1.43 bits per heavy atom. The van der Waals surface area contributed by atoms with Crippen LogP contribution >= 0.6 is 11.3 Å². The first-order chi connectivity index (χ1) is 10.0. The summed E-state index contributed by atoms with van der Waals surface area (Å²) in [6.07, 6.45) is 1.94. The SMILES string of the molecule is Cc1ccc(C2CCCN2C(=O)Nc2sc(C)nc2C)o1. The first-order valence-corrected chi connectivity index (χ1v) is 7.94. The van der Waals surface area contributed by atoms with Crippen LogP contribution in [0.4, 0.5) is 9.80 Å². The molecule has 1 saturated heterocycles. The lowest BCUT2D eigenvalue weighted by Gasteiger charge is -2.23. The molecular weight excluding hydrogens is 286 g/mol. The predicted molar refractivity (Wildman–Crippen MR) is 82.7 cm³/mol. The van der Waals surface area contributed by atoms with E-state index in [0.29, 0.717) is 0 Å². The van der Waals surface area contributed by atoms with Gasteiger partial charge in [-0.1, -0.05) is 0 Å². The molecule has 1 unspecified atom stereocenters. The Morgan fingerprint density at radius 3 is 2.86 bits per heavy atom. The molecular formula is C15H19N3O2S. The zero-order valence-corrected chi connectivity index (χ0v) is 13.3. The largest absolute Gasteiger partial charge is 0.464 e. The number of hydrogen-bond acceptors (Lipinski definition) is 4. The molecule has 2 amide bonds. The normalized spacial score (nSPS) is 18.2. The molecule has 2 aromatic rings. The van der Waals surface area contributed by atoms with E-state index in [1.165, 1.54) is 11.3 Å². The van der Waals surface area contributed by atoms with Crippen molar-refractivity contribution in [1.82, 2.24) is 9.88 Å². The van der Waals surface area contributed by atoms with Gasteiger partial charge in [-0.05, 0) is 45.7 Å². The number of rotatable bonds is 2. The van der Waals surface area contributed by atoms with Crippen LogP contribution in [0.1, 0.15) is 41.1 Å². The highest BCUT2D eigenvalue weighted by atomic mass is 32.1. The number of aryl methyl sites for hydroxylation is 3. The fourth-order valence-corrected chi connectivity index (χ4v) is 3.56. The van der Waals surface area contributed by atoms with Gasteiger partial charge in [-0.2, -0.15) is 0 Å². The number of nitrogens with zero attached hydrogens (tertiary/aromatic N) is 2. The molecule has 2 aromatic heterocycles. The Bertz CT molecular complexity index is 662. The summed E-state index contributed by atoms with van der Waals surface area (Å²) in [6, 6.07) is 3.88. The minimum atomic E-state index is -0.0710. The smallest absolute Gasteiger partial charge is 0.323 e. The van der Waals surface area contributed by atoms with Crippen LogP contribution in [0.2, 0.25) is 0 Å². The highest BCUT2D eigenvalue weighted by Crippen LogP contribution is 2.34. The minimum Gasteiger partial charge on any atom is -0.464 e. The van der Waals surface area contributed by atoms with E-state index < -0.39 is 0 Å². The van der Waals surface area contributed by atoms with E-state index >= 15 is 0 Å². The summed E-state index contributed by atoms with van der Waals surface area (Å²) in [5.41, 5.74) is 0.871. The molecule has 5 nitrogen and oxygen atoms in total. The molecule has 112 valence electrons. The summed E-state index contributed by atoms with van der Waals surface area (Å²) < 4.78 is 5.69. The molecule has 0 radical (unpaired) electrons. The van der Waals surface area contributed by atoms with Gasteiger partial charge < -0.3 is 9.32 Å². The van der Waals surface area contributed by atoms with Gasteiger partial charge in [0.15, 0.2) is 0 Å². The molecule has 1 N–H and O–H groups in total. The monoisotopic (exact) mass is 305 g/mol. The molecule has 0 spiro atoms. The summed E-state index contributed by atoms with van der Waals surface area (Å²) in [6.45, 7) is 6.54. The lowest BCUT2D eigenvalue weighted by atomic mass is 10.2. The molecule has 21 heavy (non-hydrogen) atoms. The number of aromatic nitrogens is 1. The van der Waals surface area contributed by atoms with Crippen LogP contribution in [-0.2, 0) is 0 Å². The van der Waals surface area contributed by atoms with E-state index in [9.17, 15) is 4.79 Å². The quantitative estimate of drug-likeness (QED) is 0.911. The lowest BCUT2D eigenvalue weighted by molar-refractivity contribution is 0.199. The number of hydrogen-bond donors (Lipinski definition) is 1. The number of urea groups is 1. The van der Waals surface area contributed by atoms with Gasteiger partial charge in [-0.25, -0.2) is 9.78 Å². The summed E-state index contributed by atoms with van der Waals surface area (Å²) in [4.78, 5) is 18.7. The zero-order chi connectivity index (χ0) is 15.0. The number of carbonyl (C=O) groups excluding carboxylic acids is 1. The predicted octanol–water partition coefficient (Wildman–Crippen LogP) is 4.03. The van der Waals surface area contributed by atoms with Crippen molar-refractivity contribution in [3.05, 3.63) is 34.4 Å². The van der Waals surface area contributed by atoms with E-state index in [2.05, 4.69) is 10.3 Å². The van der Waals surface area contributed by atoms with E-state index in [0.717, 1.165) is 46.6 Å². The second-order valence-corrected chi connectivity index (χ2v) is 6.58. The third-order valence-electron chi connectivity index (χ3n) is 3.73.